The van der Waals surface area contributed by atoms with Gasteiger partial charge in [-0.3, -0.25) is 10.1 Å². The van der Waals surface area contributed by atoms with E-state index in [0.717, 1.165) is 18.2 Å². The lowest BCUT2D eigenvalue weighted by atomic mass is 9.83. The topological polar surface area (TPSA) is 106 Å². The molecule has 2 rings (SSSR count). The predicted molar refractivity (Wildman–Crippen MR) is 76.8 cm³/mol. The van der Waals surface area contributed by atoms with Crippen molar-refractivity contribution in [1.29, 1.82) is 0 Å². The fourth-order valence-corrected chi connectivity index (χ4v) is 2.24. The SMILES string of the molecule is Cc1cc([N+](=O)[O-])cc(C(N)(C(=O)O)c2cccc(F)c2)c1. The highest BCUT2D eigenvalue weighted by molar-refractivity contribution is 5.85. The van der Waals surface area contributed by atoms with Gasteiger partial charge in [-0.2, -0.15) is 0 Å². The molecule has 6 nitrogen and oxygen atoms in total. The van der Waals surface area contributed by atoms with Gasteiger partial charge in [0.2, 0.25) is 0 Å². The van der Waals surface area contributed by atoms with Gasteiger partial charge in [0.25, 0.3) is 5.69 Å². The molecule has 0 saturated heterocycles. The summed E-state index contributed by atoms with van der Waals surface area (Å²) in [7, 11) is 0. The Labute approximate surface area is 125 Å². The van der Waals surface area contributed by atoms with E-state index < -0.39 is 22.2 Å². The van der Waals surface area contributed by atoms with Gasteiger partial charge in [-0.15, -0.1) is 0 Å². The van der Waals surface area contributed by atoms with Crippen LogP contribution >= 0.6 is 0 Å². The summed E-state index contributed by atoms with van der Waals surface area (Å²) in [6, 6.07) is 8.69. The molecule has 0 spiro atoms. The predicted octanol–water partition coefficient (Wildman–Crippen LogP) is 2.33. The standard InChI is InChI=1S/C15H13FN2O4/c1-9-5-11(8-13(6-9)18(21)22)15(17,14(19)20)10-3-2-4-12(16)7-10/h2-8H,17H2,1H3,(H,19,20). The van der Waals surface area contributed by atoms with Gasteiger partial charge in [0, 0.05) is 12.1 Å². The molecule has 0 fully saturated rings. The lowest BCUT2D eigenvalue weighted by Crippen LogP contribution is -2.46. The summed E-state index contributed by atoms with van der Waals surface area (Å²) in [4.78, 5) is 22.0. The normalized spacial score (nSPS) is 13.4. The van der Waals surface area contributed by atoms with Crippen LogP contribution in [-0.2, 0) is 10.3 Å². The Hall–Kier alpha value is -2.80. The highest BCUT2D eigenvalue weighted by Crippen LogP contribution is 2.31. The maximum Gasteiger partial charge on any atom is 0.333 e. The molecule has 2 aromatic carbocycles. The van der Waals surface area contributed by atoms with Gasteiger partial charge in [-0.25, -0.2) is 9.18 Å². The van der Waals surface area contributed by atoms with Gasteiger partial charge in [0.15, 0.2) is 5.54 Å². The number of carboxylic acid groups (broad SMARTS) is 1. The monoisotopic (exact) mass is 304 g/mol. The minimum atomic E-state index is -2.08. The van der Waals surface area contributed by atoms with Crippen molar-refractivity contribution in [1.82, 2.24) is 0 Å². The molecule has 0 saturated carbocycles. The number of carboxylic acids is 1. The van der Waals surface area contributed by atoms with E-state index in [1.54, 1.807) is 6.92 Å². The number of nitro groups is 1. The summed E-state index contributed by atoms with van der Waals surface area (Å²) < 4.78 is 13.4. The summed E-state index contributed by atoms with van der Waals surface area (Å²) in [5.74, 6) is -2.08. The Morgan fingerprint density at radius 1 is 1.27 bits per heavy atom. The number of aliphatic carboxylic acids is 1. The van der Waals surface area contributed by atoms with Gasteiger partial charge < -0.3 is 10.8 Å². The summed E-state index contributed by atoms with van der Waals surface area (Å²) in [6.45, 7) is 1.59. The average Bonchev–Trinajstić information content (AvgIpc) is 2.45. The Balaban J connectivity index is 2.72. The van der Waals surface area contributed by atoms with Crippen molar-refractivity contribution in [3.63, 3.8) is 0 Å². The number of carbonyl (C=O) groups is 1. The average molecular weight is 304 g/mol. The van der Waals surface area contributed by atoms with E-state index in [9.17, 15) is 24.4 Å². The fourth-order valence-electron chi connectivity index (χ4n) is 2.24. The third kappa shape index (κ3) is 2.66. The minimum absolute atomic E-state index is 0.0000945. The van der Waals surface area contributed by atoms with Crippen molar-refractivity contribution in [3.05, 3.63) is 75.1 Å². The van der Waals surface area contributed by atoms with E-state index in [2.05, 4.69) is 0 Å². The molecule has 0 amide bonds. The molecule has 1 unspecified atom stereocenters. The van der Waals surface area contributed by atoms with E-state index in [4.69, 9.17) is 5.73 Å². The summed E-state index contributed by atoms with van der Waals surface area (Å²) in [6.07, 6.45) is 0. The number of aryl methyl sites for hydroxylation is 1. The fraction of sp³-hybridized carbons (Fsp3) is 0.133. The van der Waals surface area contributed by atoms with Crippen LogP contribution in [0, 0.1) is 22.9 Å². The third-order valence-electron chi connectivity index (χ3n) is 3.35. The number of hydrogen-bond acceptors (Lipinski definition) is 4. The number of benzene rings is 2. The Morgan fingerprint density at radius 2 is 1.95 bits per heavy atom. The molecule has 0 bridgehead atoms. The first kappa shape index (κ1) is 15.6. The summed E-state index contributed by atoms with van der Waals surface area (Å²) in [5, 5.41) is 20.5. The Bertz CT molecular complexity index is 763. The Morgan fingerprint density at radius 3 is 2.50 bits per heavy atom. The van der Waals surface area contributed by atoms with Crippen molar-refractivity contribution < 1.29 is 19.2 Å². The van der Waals surface area contributed by atoms with E-state index in [-0.39, 0.29) is 16.8 Å². The Kier molecular flexibility index (Phi) is 3.92. The van der Waals surface area contributed by atoms with E-state index >= 15 is 0 Å². The van der Waals surface area contributed by atoms with Crippen molar-refractivity contribution in [2.24, 2.45) is 5.73 Å². The maximum atomic E-state index is 13.4. The molecular formula is C15H13FN2O4. The molecular weight excluding hydrogens is 291 g/mol. The molecule has 3 N–H and O–H groups in total. The zero-order valence-electron chi connectivity index (χ0n) is 11.6. The largest absolute Gasteiger partial charge is 0.479 e. The first-order chi connectivity index (χ1) is 10.2. The number of hydrogen-bond donors (Lipinski definition) is 2. The molecule has 1 atom stereocenters. The molecule has 0 heterocycles. The maximum absolute atomic E-state index is 13.4. The van der Waals surface area contributed by atoms with Crippen LogP contribution in [0.1, 0.15) is 16.7 Å². The zero-order chi connectivity index (χ0) is 16.5. The van der Waals surface area contributed by atoms with Crippen LogP contribution in [0.4, 0.5) is 10.1 Å². The molecule has 22 heavy (non-hydrogen) atoms. The summed E-state index contributed by atoms with van der Waals surface area (Å²) >= 11 is 0. The summed E-state index contributed by atoms with van der Waals surface area (Å²) in [5.41, 5.74) is 4.14. The first-order valence-electron chi connectivity index (χ1n) is 6.30. The lowest BCUT2D eigenvalue weighted by Gasteiger charge is -2.26. The van der Waals surface area contributed by atoms with Gasteiger partial charge in [0.05, 0.1) is 4.92 Å². The molecule has 114 valence electrons. The van der Waals surface area contributed by atoms with Gasteiger partial charge in [-0.05, 0) is 35.7 Å². The van der Waals surface area contributed by atoms with Crippen molar-refractivity contribution in [3.8, 4) is 0 Å². The van der Waals surface area contributed by atoms with Crippen molar-refractivity contribution >= 4 is 11.7 Å². The number of nitro benzene ring substituents is 1. The molecule has 0 aromatic heterocycles. The van der Waals surface area contributed by atoms with Crippen LogP contribution in [0.25, 0.3) is 0 Å². The van der Waals surface area contributed by atoms with Crippen LogP contribution < -0.4 is 5.73 Å². The number of halogens is 1. The first-order valence-corrected chi connectivity index (χ1v) is 6.30. The lowest BCUT2D eigenvalue weighted by molar-refractivity contribution is -0.385. The number of rotatable bonds is 4. The molecule has 2 aromatic rings. The smallest absolute Gasteiger partial charge is 0.333 e. The second kappa shape index (κ2) is 5.53. The quantitative estimate of drug-likeness (QED) is 0.666. The van der Waals surface area contributed by atoms with Crippen LogP contribution in [-0.4, -0.2) is 16.0 Å². The van der Waals surface area contributed by atoms with Gasteiger partial charge >= 0.3 is 5.97 Å². The van der Waals surface area contributed by atoms with Crippen LogP contribution in [0.3, 0.4) is 0 Å². The number of nitrogens with zero attached hydrogens (tertiary/aromatic N) is 1. The molecule has 0 aliphatic rings. The van der Waals surface area contributed by atoms with E-state index in [1.165, 1.54) is 24.3 Å². The van der Waals surface area contributed by atoms with E-state index in [1.807, 2.05) is 0 Å². The molecule has 0 aliphatic carbocycles. The van der Waals surface area contributed by atoms with Crippen LogP contribution in [0.2, 0.25) is 0 Å². The van der Waals surface area contributed by atoms with Gasteiger partial charge in [-0.1, -0.05) is 18.2 Å². The minimum Gasteiger partial charge on any atom is -0.479 e. The number of non-ortho nitro benzene ring substituents is 1. The highest BCUT2D eigenvalue weighted by Gasteiger charge is 2.39. The highest BCUT2D eigenvalue weighted by atomic mass is 19.1. The van der Waals surface area contributed by atoms with Crippen molar-refractivity contribution in [2.45, 2.75) is 12.5 Å². The third-order valence-corrected chi connectivity index (χ3v) is 3.35. The molecule has 7 heteroatoms. The molecule has 0 radical (unpaired) electrons. The molecule has 0 aliphatic heterocycles. The van der Waals surface area contributed by atoms with Crippen LogP contribution in [0.15, 0.2) is 42.5 Å². The number of nitrogens with two attached hydrogens (primary N) is 1. The zero-order valence-corrected chi connectivity index (χ0v) is 11.6. The second-order valence-corrected chi connectivity index (χ2v) is 4.94. The van der Waals surface area contributed by atoms with E-state index in [0.29, 0.717) is 5.56 Å². The van der Waals surface area contributed by atoms with Crippen molar-refractivity contribution in [2.75, 3.05) is 0 Å². The second-order valence-electron chi connectivity index (χ2n) is 4.94. The van der Waals surface area contributed by atoms with Gasteiger partial charge in [0.1, 0.15) is 5.82 Å². The van der Waals surface area contributed by atoms with Crippen LogP contribution in [0.5, 0.6) is 0 Å².